The van der Waals surface area contributed by atoms with Crippen LogP contribution in [0.4, 0.5) is 13.2 Å². The Labute approximate surface area is 131 Å². The van der Waals surface area contributed by atoms with Gasteiger partial charge in [0.25, 0.3) is 0 Å². The summed E-state index contributed by atoms with van der Waals surface area (Å²) in [5.74, 6) is -0.782. The second-order valence-electron chi connectivity index (χ2n) is 4.97. The molecule has 2 aliphatic rings. The molecule has 1 aromatic rings. The molecule has 0 unspecified atom stereocenters. The third-order valence-electron chi connectivity index (χ3n) is 3.56. The second kappa shape index (κ2) is 4.55. The molecule has 4 nitrogen and oxygen atoms in total. The molecule has 0 spiro atoms. The Kier molecular flexibility index (Phi) is 3.15. The maximum Gasteiger partial charge on any atom is 0.588 e. The predicted octanol–water partition coefficient (Wildman–Crippen LogP) is 1.97. The minimum atomic E-state index is -4.53. The van der Waals surface area contributed by atoms with E-state index in [9.17, 15) is 22.8 Å². The van der Waals surface area contributed by atoms with Crippen LogP contribution in [0.3, 0.4) is 0 Å². The van der Waals surface area contributed by atoms with Crippen LogP contribution in [0.5, 0.6) is 0 Å². The monoisotopic (exact) mass is 410 g/mol. The number of rotatable bonds is 1. The summed E-state index contributed by atoms with van der Waals surface area (Å²) in [6.45, 7) is -2.58. The van der Waals surface area contributed by atoms with Crippen molar-refractivity contribution in [3.05, 3.63) is 33.1 Å². The quantitative estimate of drug-likeness (QED) is 0.404. The SMILES string of the molecule is O=C1C[C+]2CC(=O)O[B-]2(c2cc(I)cc(C(F)(F)F)c2)O1. The van der Waals surface area contributed by atoms with E-state index in [1.165, 1.54) is 6.07 Å². The lowest BCUT2D eigenvalue weighted by molar-refractivity contribution is -0.138. The fraction of sp³-hybridized carbons (Fsp3) is 0.250. The van der Waals surface area contributed by atoms with Gasteiger partial charge in [0.2, 0.25) is 0 Å². The highest BCUT2D eigenvalue weighted by Gasteiger charge is 2.65. The van der Waals surface area contributed by atoms with Gasteiger partial charge in [0.1, 0.15) is 12.8 Å². The standard InChI is InChI=1S/C12H7BF3IO4/c14-12(15,16)6-1-7(3-9(17)2-6)13-8(4-10(18)20-13)5-11(19)21-13/h1-3H,4-5H2. The molecule has 1 aromatic carbocycles. The zero-order valence-electron chi connectivity index (χ0n) is 10.4. The van der Waals surface area contributed by atoms with Crippen LogP contribution < -0.4 is 5.46 Å². The number of hydrogen-bond donors (Lipinski definition) is 0. The van der Waals surface area contributed by atoms with Crippen molar-refractivity contribution < 1.29 is 32.1 Å². The molecule has 2 heterocycles. The van der Waals surface area contributed by atoms with E-state index in [2.05, 4.69) is 0 Å². The molecule has 110 valence electrons. The van der Waals surface area contributed by atoms with E-state index in [1.54, 1.807) is 22.6 Å². The van der Waals surface area contributed by atoms with Crippen molar-refractivity contribution in [1.82, 2.24) is 0 Å². The highest BCUT2D eigenvalue weighted by molar-refractivity contribution is 14.1. The number of halogens is 4. The summed E-state index contributed by atoms with van der Waals surface area (Å²) in [4.78, 5) is 22.9. The van der Waals surface area contributed by atoms with Gasteiger partial charge >= 0.3 is 24.7 Å². The molecule has 2 aliphatic heterocycles. The van der Waals surface area contributed by atoms with E-state index in [-0.39, 0.29) is 18.3 Å². The Bertz CT molecular complexity index is 626. The van der Waals surface area contributed by atoms with Gasteiger partial charge in [-0.3, -0.25) is 9.59 Å². The lowest BCUT2D eigenvalue weighted by atomic mass is 9.44. The molecule has 0 aliphatic carbocycles. The van der Waals surface area contributed by atoms with Crippen molar-refractivity contribution in [1.29, 1.82) is 0 Å². The molecule has 0 saturated carbocycles. The summed E-state index contributed by atoms with van der Waals surface area (Å²) < 4.78 is 49.3. The average Bonchev–Trinajstić information content (AvgIpc) is 2.79. The Balaban J connectivity index is 2.13. The van der Waals surface area contributed by atoms with Crippen molar-refractivity contribution in [2.45, 2.75) is 19.0 Å². The normalized spacial score (nSPS) is 20.3. The van der Waals surface area contributed by atoms with Crippen molar-refractivity contribution in [3.8, 4) is 0 Å². The molecular weight excluding hydrogens is 403 g/mol. The Hall–Kier alpha value is -1.39. The first kappa shape index (κ1) is 14.5. The number of alkyl halides is 3. The lowest BCUT2D eigenvalue weighted by Gasteiger charge is -2.26. The van der Waals surface area contributed by atoms with Gasteiger partial charge in [-0.1, -0.05) is 17.6 Å². The first-order chi connectivity index (χ1) is 9.70. The third kappa shape index (κ3) is 2.36. The van der Waals surface area contributed by atoms with E-state index in [0.717, 1.165) is 12.1 Å². The van der Waals surface area contributed by atoms with E-state index in [4.69, 9.17) is 9.31 Å². The van der Waals surface area contributed by atoms with E-state index in [0.29, 0.717) is 9.39 Å². The number of carbonyl (C=O) groups is 2. The fourth-order valence-electron chi connectivity index (χ4n) is 2.71. The minimum absolute atomic E-state index is 0.0703. The van der Waals surface area contributed by atoms with Crippen LogP contribution >= 0.6 is 22.6 Å². The number of benzene rings is 1. The zero-order chi connectivity index (χ0) is 15.4. The van der Waals surface area contributed by atoms with Gasteiger partial charge in [-0.25, -0.2) is 0 Å². The van der Waals surface area contributed by atoms with Crippen LogP contribution in [0.1, 0.15) is 18.4 Å². The predicted molar refractivity (Wildman–Crippen MR) is 74.2 cm³/mol. The Morgan fingerprint density at radius 2 is 1.67 bits per heavy atom. The van der Waals surface area contributed by atoms with Crippen LogP contribution in [0, 0.1) is 9.39 Å². The molecule has 2 fully saturated rings. The van der Waals surface area contributed by atoms with Crippen LogP contribution in [-0.2, 0) is 25.1 Å². The van der Waals surface area contributed by atoms with E-state index in [1.807, 2.05) is 0 Å². The van der Waals surface area contributed by atoms with Crippen LogP contribution in [0.15, 0.2) is 18.2 Å². The highest BCUT2D eigenvalue weighted by Crippen LogP contribution is 2.41. The third-order valence-corrected chi connectivity index (χ3v) is 4.18. The summed E-state index contributed by atoms with van der Waals surface area (Å²) in [6.07, 6.45) is -4.73. The van der Waals surface area contributed by atoms with Crippen molar-refractivity contribution in [3.63, 3.8) is 0 Å². The van der Waals surface area contributed by atoms with Crippen LogP contribution in [0.25, 0.3) is 0 Å². The van der Waals surface area contributed by atoms with Gasteiger partial charge in [0, 0.05) is 9.39 Å². The highest BCUT2D eigenvalue weighted by atomic mass is 127. The summed E-state index contributed by atoms with van der Waals surface area (Å²) in [5.41, 5.74) is -0.799. The summed E-state index contributed by atoms with van der Waals surface area (Å²) >= 11 is 1.74. The molecule has 0 atom stereocenters. The molecule has 0 radical (unpaired) electrons. The van der Waals surface area contributed by atoms with E-state index < -0.39 is 30.2 Å². The van der Waals surface area contributed by atoms with Crippen LogP contribution in [-0.4, -0.2) is 18.5 Å². The van der Waals surface area contributed by atoms with E-state index >= 15 is 0 Å². The fourth-order valence-corrected chi connectivity index (χ4v) is 3.41. The van der Waals surface area contributed by atoms with Gasteiger partial charge in [-0.15, -0.1) is 0 Å². The second-order valence-corrected chi connectivity index (χ2v) is 6.22. The summed E-state index contributed by atoms with van der Waals surface area (Å²) in [5, 5.41) is 0. The maximum absolute atomic E-state index is 12.9. The number of hydrogen-bond acceptors (Lipinski definition) is 4. The lowest BCUT2D eigenvalue weighted by Crippen LogP contribution is -2.53. The van der Waals surface area contributed by atoms with Gasteiger partial charge < -0.3 is 9.31 Å². The molecule has 21 heavy (non-hydrogen) atoms. The molecule has 2 saturated heterocycles. The molecular formula is C12H7BF3IO4. The molecule has 0 N–H and O–H groups in total. The first-order valence-corrected chi connectivity index (χ1v) is 7.10. The molecule has 0 amide bonds. The number of fused-ring (bicyclic) bond motifs is 1. The molecule has 0 aromatic heterocycles. The average molecular weight is 410 g/mol. The van der Waals surface area contributed by atoms with Crippen molar-refractivity contribution in [2.75, 3.05) is 0 Å². The zero-order valence-corrected chi connectivity index (χ0v) is 12.5. The Morgan fingerprint density at radius 1 is 1.10 bits per heavy atom. The number of carbonyl (C=O) groups excluding carboxylic acids is 2. The summed E-state index contributed by atoms with van der Waals surface area (Å²) in [6, 6.07) is 3.29. The molecule has 3 rings (SSSR count). The Morgan fingerprint density at radius 3 is 2.19 bits per heavy atom. The van der Waals surface area contributed by atoms with Crippen LogP contribution in [0.2, 0.25) is 0 Å². The van der Waals surface area contributed by atoms with Gasteiger partial charge in [0.05, 0.1) is 5.56 Å². The smallest absolute Gasteiger partial charge is 0.588 e. The largest absolute Gasteiger partial charge is 0.610 e. The molecule has 9 heteroatoms. The van der Waals surface area contributed by atoms with Gasteiger partial charge in [0.15, 0.2) is 0 Å². The van der Waals surface area contributed by atoms with Gasteiger partial charge in [-0.2, -0.15) is 13.2 Å². The van der Waals surface area contributed by atoms with Gasteiger partial charge in [-0.05, 0) is 28.7 Å². The first-order valence-electron chi connectivity index (χ1n) is 6.02. The molecule has 0 bridgehead atoms. The van der Waals surface area contributed by atoms with Crippen molar-refractivity contribution in [2.24, 2.45) is 0 Å². The maximum atomic E-state index is 12.9. The summed E-state index contributed by atoms with van der Waals surface area (Å²) in [7, 11) is 0. The topological polar surface area (TPSA) is 52.6 Å². The van der Waals surface area contributed by atoms with Crippen molar-refractivity contribution >= 4 is 46.5 Å². The minimum Gasteiger partial charge on any atom is -0.610 e.